The van der Waals surface area contributed by atoms with Crippen LogP contribution in [-0.2, 0) is 0 Å². The molecule has 1 amide bonds. The number of alkyl halides is 6. The van der Waals surface area contributed by atoms with Crippen molar-refractivity contribution < 1.29 is 35.8 Å². The fourth-order valence-electron chi connectivity index (χ4n) is 1.14. The van der Waals surface area contributed by atoms with E-state index in [1.807, 2.05) is 0 Å². The summed E-state index contributed by atoms with van der Waals surface area (Å²) in [6.07, 6.45) is -12.7. The molecule has 9 heteroatoms. The lowest BCUT2D eigenvalue weighted by Gasteiger charge is -2.39. The first kappa shape index (κ1) is 14.5. The number of hydrogen-bond acceptors (Lipinski definition) is 2. The van der Waals surface area contributed by atoms with Gasteiger partial charge in [0, 0.05) is 0 Å². The predicted octanol–water partition coefficient (Wildman–Crippen LogP) is 3.18. The van der Waals surface area contributed by atoms with Crippen molar-refractivity contribution in [3.05, 3.63) is 41.1 Å². The number of nitrogens with zero attached hydrogens (tertiary/aromatic N) is 1. The Morgan fingerprint density at radius 1 is 0.944 bits per heavy atom. The van der Waals surface area contributed by atoms with Crippen LogP contribution in [0.15, 0.2) is 30.3 Å². The Morgan fingerprint density at radius 3 is 1.67 bits per heavy atom. The summed E-state index contributed by atoms with van der Waals surface area (Å²) in [7, 11) is 0. The van der Waals surface area contributed by atoms with Gasteiger partial charge in [0.2, 0.25) is 0 Å². The molecule has 1 aromatic rings. The molecule has 0 spiro atoms. The zero-order valence-electron chi connectivity index (χ0n) is 8.42. The Labute approximate surface area is 96.4 Å². The Hall–Kier alpha value is -1.61. The van der Waals surface area contributed by atoms with E-state index in [-0.39, 0.29) is 0 Å². The van der Waals surface area contributed by atoms with Crippen molar-refractivity contribution in [3.8, 4) is 0 Å². The average molecular weight is 273 g/mol. The highest BCUT2D eigenvalue weighted by Crippen LogP contribution is 2.42. The van der Waals surface area contributed by atoms with Crippen LogP contribution in [-0.4, -0.2) is 23.2 Å². The van der Waals surface area contributed by atoms with Crippen molar-refractivity contribution >= 4 is 5.91 Å². The van der Waals surface area contributed by atoms with E-state index in [2.05, 4.69) is 0 Å². The van der Waals surface area contributed by atoms with Crippen LogP contribution in [0, 0.1) is 5.21 Å². The van der Waals surface area contributed by atoms with Crippen LogP contribution < -0.4 is 0 Å². The van der Waals surface area contributed by atoms with Crippen LogP contribution in [0.2, 0.25) is 0 Å². The molecule has 1 rings (SSSR count). The maximum atomic E-state index is 12.3. The van der Waals surface area contributed by atoms with Crippen molar-refractivity contribution in [2.24, 2.45) is 0 Å². The van der Waals surface area contributed by atoms with Crippen molar-refractivity contribution in [2.45, 2.75) is 12.6 Å². The molecule has 0 heterocycles. The van der Waals surface area contributed by atoms with Gasteiger partial charge in [0.1, 0.15) is 0 Å². The third kappa shape index (κ3) is 2.18. The first-order valence-corrected chi connectivity index (χ1v) is 4.35. The summed E-state index contributed by atoms with van der Waals surface area (Å²) in [5.74, 6) is -2.63. The third-order valence-corrected chi connectivity index (χ3v) is 2.02. The van der Waals surface area contributed by atoms with Gasteiger partial charge in [0.25, 0.3) is 0 Å². The van der Waals surface area contributed by atoms with Crippen molar-refractivity contribution in [1.82, 2.24) is 0 Å². The lowest BCUT2D eigenvalue weighted by atomic mass is 10.2. The second-order valence-electron chi connectivity index (χ2n) is 3.22. The fourth-order valence-corrected chi connectivity index (χ4v) is 1.14. The minimum absolute atomic E-state index is 0.699. The minimum atomic E-state index is -6.33. The summed E-state index contributed by atoms with van der Waals surface area (Å²) < 4.78 is 68.7. The van der Waals surface area contributed by atoms with Crippen LogP contribution in [0.4, 0.5) is 26.3 Å². The second kappa shape index (κ2) is 4.25. The Balaban J connectivity index is 3.36. The zero-order chi connectivity index (χ0) is 14.2. The summed E-state index contributed by atoms with van der Waals surface area (Å²) in [5, 5.41) is 11.0. The summed E-state index contributed by atoms with van der Waals surface area (Å²) >= 11 is 0. The number of quaternary nitrogens is 1. The number of benzene rings is 1. The molecule has 0 bridgehead atoms. The molecule has 0 aliphatic carbocycles. The molecular formula is C9H5F6NO2. The first-order valence-electron chi connectivity index (χ1n) is 4.35. The highest BCUT2D eigenvalue weighted by Gasteiger charge is 2.70. The monoisotopic (exact) mass is 273 g/mol. The van der Waals surface area contributed by atoms with E-state index < -0.39 is 28.7 Å². The van der Waals surface area contributed by atoms with Gasteiger partial charge in [-0.1, -0.05) is 18.2 Å². The molecular weight excluding hydrogens is 268 g/mol. The lowest BCUT2D eigenvalue weighted by Crippen LogP contribution is -2.65. The highest BCUT2D eigenvalue weighted by molar-refractivity contribution is 5.89. The summed E-state index contributed by atoms with van der Waals surface area (Å²) in [4.78, 5) is 11.2. The van der Waals surface area contributed by atoms with Gasteiger partial charge < -0.3 is 5.21 Å². The van der Waals surface area contributed by atoms with Gasteiger partial charge in [-0.25, -0.2) is 4.79 Å². The number of carbonyl (C=O) groups is 1. The molecule has 0 aliphatic heterocycles. The summed E-state index contributed by atoms with van der Waals surface area (Å²) in [6, 6.07) is 4.77. The first-order chi connectivity index (χ1) is 8.02. The van der Waals surface area contributed by atoms with E-state index >= 15 is 0 Å². The number of halogens is 6. The van der Waals surface area contributed by atoms with Gasteiger partial charge in [-0.15, -0.1) is 31.0 Å². The Morgan fingerprint density at radius 2 is 1.33 bits per heavy atom. The molecule has 1 aromatic carbocycles. The number of hydroxylamine groups is 3. The average Bonchev–Trinajstić information content (AvgIpc) is 2.25. The van der Waals surface area contributed by atoms with E-state index in [1.165, 1.54) is 6.07 Å². The molecule has 0 saturated carbocycles. The maximum Gasteiger partial charge on any atom is 0.576 e. The van der Waals surface area contributed by atoms with Gasteiger partial charge in [-0.05, 0) is 12.1 Å². The molecule has 18 heavy (non-hydrogen) atoms. The quantitative estimate of drug-likeness (QED) is 0.341. The topological polar surface area (TPSA) is 40.1 Å². The standard InChI is InChI=1S/C9H5F6NO2/c10-8(11,12)16(18,9(13,14)15)7(17)6-4-2-1-3-5-6/h1-5H. The van der Waals surface area contributed by atoms with Crippen LogP contribution in [0.25, 0.3) is 0 Å². The number of amides is 1. The van der Waals surface area contributed by atoms with E-state index in [1.54, 1.807) is 0 Å². The molecule has 0 aliphatic rings. The van der Waals surface area contributed by atoms with Gasteiger partial charge in [-0.2, -0.15) is 0 Å². The van der Waals surface area contributed by atoms with E-state index in [9.17, 15) is 36.3 Å². The smallest absolute Gasteiger partial charge is 0.576 e. The van der Waals surface area contributed by atoms with Gasteiger partial charge in [-0.3, -0.25) is 0 Å². The van der Waals surface area contributed by atoms with Gasteiger partial charge in [0.15, 0.2) is 0 Å². The molecule has 0 unspecified atom stereocenters. The van der Waals surface area contributed by atoms with Gasteiger partial charge >= 0.3 is 18.5 Å². The van der Waals surface area contributed by atoms with Crippen molar-refractivity contribution in [3.63, 3.8) is 0 Å². The third-order valence-electron chi connectivity index (χ3n) is 2.02. The van der Waals surface area contributed by atoms with E-state index in [4.69, 9.17) is 0 Å². The molecule has 3 nitrogen and oxygen atoms in total. The van der Waals surface area contributed by atoms with Crippen LogP contribution in [0.1, 0.15) is 10.4 Å². The largest absolute Gasteiger partial charge is 0.611 e. The van der Waals surface area contributed by atoms with Crippen LogP contribution in [0.5, 0.6) is 0 Å². The molecule has 0 radical (unpaired) electrons. The summed E-state index contributed by atoms with van der Waals surface area (Å²) in [6.45, 7) is 0. The zero-order valence-corrected chi connectivity index (χ0v) is 8.42. The summed E-state index contributed by atoms with van der Waals surface area (Å²) in [5.41, 5.74) is -0.970. The Kier molecular flexibility index (Phi) is 3.41. The predicted molar refractivity (Wildman–Crippen MR) is 46.5 cm³/mol. The molecule has 100 valence electrons. The molecule has 0 atom stereocenters. The minimum Gasteiger partial charge on any atom is -0.611 e. The number of hydrogen-bond donors (Lipinski definition) is 0. The SMILES string of the molecule is O=C(c1ccccc1)[N+]([O-])(C(F)(F)F)C(F)(F)F. The number of carbonyl (C=O) groups excluding carboxylic acids is 1. The molecule has 0 fully saturated rings. The van der Waals surface area contributed by atoms with Gasteiger partial charge in [0.05, 0.1) is 5.56 Å². The number of rotatable bonds is 1. The van der Waals surface area contributed by atoms with E-state index in [0.717, 1.165) is 12.1 Å². The Bertz CT molecular complexity index is 425. The fraction of sp³-hybridized carbons (Fsp3) is 0.222. The maximum absolute atomic E-state index is 12.3. The highest BCUT2D eigenvalue weighted by atomic mass is 19.4. The second-order valence-corrected chi connectivity index (χ2v) is 3.22. The van der Waals surface area contributed by atoms with Crippen molar-refractivity contribution in [1.29, 1.82) is 0 Å². The normalized spacial score (nSPS) is 13.5. The van der Waals surface area contributed by atoms with Crippen molar-refractivity contribution in [2.75, 3.05) is 0 Å². The molecule has 0 N–H and O–H groups in total. The lowest BCUT2D eigenvalue weighted by molar-refractivity contribution is -1.01. The molecule has 0 saturated heterocycles. The molecule has 0 aromatic heterocycles. The van der Waals surface area contributed by atoms with Crippen LogP contribution in [0.3, 0.4) is 0 Å². The van der Waals surface area contributed by atoms with Crippen LogP contribution >= 0.6 is 0 Å². The van der Waals surface area contributed by atoms with E-state index in [0.29, 0.717) is 12.1 Å².